The van der Waals surface area contributed by atoms with Crippen LogP contribution in [0.4, 0.5) is 14.9 Å². The number of amides is 1. The lowest BCUT2D eigenvalue weighted by molar-refractivity contribution is -0.387. The molecule has 1 aromatic rings. The Morgan fingerprint density at radius 2 is 2.04 bits per heavy atom. The minimum Gasteiger partial charge on any atom is -0.444 e. The average molecular weight is 365 g/mol. The molecule has 0 saturated carbocycles. The largest absolute Gasteiger partial charge is 0.444 e. The molecule has 0 radical (unpaired) electrons. The smallest absolute Gasteiger partial charge is 0.407 e. The summed E-state index contributed by atoms with van der Waals surface area (Å²) in [5.74, 6) is -1.20. The molecule has 0 saturated heterocycles. The van der Waals surface area contributed by atoms with Crippen molar-refractivity contribution in [2.75, 3.05) is 6.54 Å². The third kappa shape index (κ3) is 5.59. The van der Waals surface area contributed by atoms with E-state index >= 15 is 0 Å². The normalized spacial score (nSPS) is 14.0. The number of aliphatic hydroxyl groups excluding tert-OH is 2. The molecule has 0 fully saturated rings. The maximum absolute atomic E-state index is 13.6. The van der Waals surface area contributed by atoms with Gasteiger partial charge in [0.1, 0.15) is 17.8 Å². The summed E-state index contributed by atoms with van der Waals surface area (Å²) in [5, 5.41) is 32.4. The molecule has 0 heterocycles. The van der Waals surface area contributed by atoms with Crippen LogP contribution in [0.2, 0.25) is 5.02 Å². The van der Waals surface area contributed by atoms with Crippen molar-refractivity contribution in [2.45, 2.75) is 38.6 Å². The van der Waals surface area contributed by atoms with Gasteiger partial charge in [-0.25, -0.2) is 4.79 Å². The summed E-state index contributed by atoms with van der Waals surface area (Å²) in [7, 11) is 0. The molecule has 0 bridgehead atoms. The van der Waals surface area contributed by atoms with E-state index in [0.29, 0.717) is 6.07 Å². The fourth-order valence-electron chi connectivity index (χ4n) is 1.74. The molecule has 0 spiro atoms. The van der Waals surface area contributed by atoms with Crippen molar-refractivity contribution in [3.05, 3.63) is 38.7 Å². The Morgan fingerprint density at radius 3 is 2.54 bits per heavy atom. The third-order valence-corrected chi connectivity index (χ3v) is 3.13. The zero-order valence-electron chi connectivity index (χ0n) is 13.2. The van der Waals surface area contributed by atoms with E-state index in [-0.39, 0.29) is 10.6 Å². The lowest BCUT2D eigenvalue weighted by atomic mass is 10.0. The number of rotatable bonds is 5. The van der Waals surface area contributed by atoms with Gasteiger partial charge in [-0.15, -0.1) is 0 Å². The lowest BCUT2D eigenvalue weighted by Crippen LogP contribution is -2.38. The number of alkyl carbamates (subject to hydrolysis) is 1. The number of hydrogen-bond donors (Lipinski definition) is 3. The molecule has 0 aromatic heterocycles. The number of nitrogens with zero attached hydrogens (tertiary/aromatic N) is 1. The first-order valence-electron chi connectivity index (χ1n) is 6.88. The van der Waals surface area contributed by atoms with E-state index in [4.69, 9.17) is 16.3 Å². The van der Waals surface area contributed by atoms with Gasteiger partial charge in [0.2, 0.25) is 5.82 Å². The molecule has 8 nitrogen and oxygen atoms in total. The fraction of sp³-hybridized carbons (Fsp3) is 0.500. The number of hydrogen-bond acceptors (Lipinski definition) is 6. The number of nitro groups is 1. The van der Waals surface area contributed by atoms with Crippen LogP contribution in [0.1, 0.15) is 32.4 Å². The number of nitrogens with one attached hydrogen (secondary N) is 1. The predicted octanol–water partition coefficient (Wildman–Crippen LogP) is 2.31. The number of nitro benzene ring substituents is 1. The number of ether oxygens (including phenoxy) is 1. The maximum atomic E-state index is 13.6. The first-order valence-corrected chi connectivity index (χ1v) is 7.26. The van der Waals surface area contributed by atoms with Crippen molar-refractivity contribution >= 4 is 23.4 Å². The van der Waals surface area contributed by atoms with Crippen LogP contribution >= 0.6 is 11.6 Å². The Balaban J connectivity index is 2.79. The summed E-state index contributed by atoms with van der Waals surface area (Å²) >= 11 is 5.78. The Hall–Kier alpha value is -1.97. The highest BCUT2D eigenvalue weighted by atomic mass is 35.5. The van der Waals surface area contributed by atoms with Gasteiger partial charge in [-0.3, -0.25) is 10.1 Å². The molecule has 134 valence electrons. The molecular weight excluding hydrogens is 347 g/mol. The van der Waals surface area contributed by atoms with Gasteiger partial charge >= 0.3 is 11.8 Å². The van der Waals surface area contributed by atoms with Gasteiger partial charge in [-0.05, 0) is 26.8 Å². The van der Waals surface area contributed by atoms with Crippen LogP contribution in [0.25, 0.3) is 0 Å². The van der Waals surface area contributed by atoms with Crippen LogP contribution in [-0.2, 0) is 4.74 Å². The second kappa shape index (κ2) is 7.73. The van der Waals surface area contributed by atoms with E-state index in [0.717, 1.165) is 6.07 Å². The van der Waals surface area contributed by atoms with Gasteiger partial charge in [0.15, 0.2) is 0 Å². The summed E-state index contributed by atoms with van der Waals surface area (Å²) in [6.45, 7) is 4.55. The van der Waals surface area contributed by atoms with Crippen LogP contribution in [0, 0.1) is 15.9 Å². The van der Waals surface area contributed by atoms with Crippen molar-refractivity contribution in [2.24, 2.45) is 0 Å². The summed E-state index contributed by atoms with van der Waals surface area (Å²) < 4.78 is 18.6. The Morgan fingerprint density at radius 1 is 1.46 bits per heavy atom. The minimum absolute atomic E-state index is 0.238. The van der Waals surface area contributed by atoms with Crippen molar-refractivity contribution in [1.82, 2.24) is 5.32 Å². The third-order valence-electron chi connectivity index (χ3n) is 2.80. The molecule has 3 N–H and O–H groups in total. The second-order valence-corrected chi connectivity index (χ2v) is 6.38. The molecule has 2 atom stereocenters. The van der Waals surface area contributed by atoms with E-state index in [1.807, 2.05) is 0 Å². The van der Waals surface area contributed by atoms with Crippen molar-refractivity contribution in [3.63, 3.8) is 0 Å². The number of carbonyl (C=O) groups is 1. The lowest BCUT2D eigenvalue weighted by Gasteiger charge is -2.22. The SMILES string of the molecule is CC(C)(C)OC(=O)NCC(O)C(O)c1cc(F)c([N+](=O)[O-])cc1Cl. The van der Waals surface area contributed by atoms with Crippen molar-refractivity contribution in [1.29, 1.82) is 0 Å². The molecule has 1 amide bonds. The van der Waals surface area contributed by atoms with Gasteiger partial charge < -0.3 is 20.3 Å². The zero-order chi connectivity index (χ0) is 18.7. The highest BCUT2D eigenvalue weighted by Crippen LogP contribution is 2.31. The number of aliphatic hydroxyl groups is 2. The second-order valence-electron chi connectivity index (χ2n) is 5.98. The van der Waals surface area contributed by atoms with Crippen LogP contribution in [0.5, 0.6) is 0 Å². The van der Waals surface area contributed by atoms with E-state index in [9.17, 15) is 29.5 Å². The molecule has 0 aliphatic heterocycles. The van der Waals surface area contributed by atoms with Gasteiger partial charge in [0, 0.05) is 18.2 Å². The van der Waals surface area contributed by atoms with Crippen LogP contribution in [-0.4, -0.2) is 39.5 Å². The van der Waals surface area contributed by atoms with E-state index in [1.54, 1.807) is 20.8 Å². The van der Waals surface area contributed by atoms with Gasteiger partial charge in [0.05, 0.1) is 9.95 Å². The van der Waals surface area contributed by atoms with Crippen LogP contribution in [0.3, 0.4) is 0 Å². The molecule has 1 rings (SSSR count). The molecule has 24 heavy (non-hydrogen) atoms. The van der Waals surface area contributed by atoms with Gasteiger partial charge in [-0.2, -0.15) is 4.39 Å². The molecular formula is C14H18ClFN2O6. The quantitative estimate of drug-likeness (QED) is 0.544. The molecule has 0 aliphatic rings. The Labute approximate surface area is 142 Å². The van der Waals surface area contributed by atoms with Crippen molar-refractivity contribution < 1.29 is 29.1 Å². The Kier molecular flexibility index (Phi) is 6.47. The maximum Gasteiger partial charge on any atom is 0.407 e. The van der Waals surface area contributed by atoms with E-state index < -0.39 is 46.9 Å². The number of carbonyl (C=O) groups excluding carboxylic acids is 1. The summed E-state index contributed by atoms with van der Waals surface area (Å²) in [6, 6.07) is 1.41. The van der Waals surface area contributed by atoms with E-state index in [1.165, 1.54) is 0 Å². The monoisotopic (exact) mass is 364 g/mol. The van der Waals surface area contributed by atoms with Crippen molar-refractivity contribution in [3.8, 4) is 0 Å². The topological polar surface area (TPSA) is 122 Å². The van der Waals surface area contributed by atoms with Crippen LogP contribution < -0.4 is 5.32 Å². The minimum atomic E-state index is -1.66. The molecule has 1 aromatic carbocycles. The first-order chi connectivity index (χ1) is 10.9. The Bertz CT molecular complexity index is 634. The highest BCUT2D eigenvalue weighted by molar-refractivity contribution is 6.31. The average Bonchev–Trinajstić information content (AvgIpc) is 2.43. The molecule has 0 aliphatic carbocycles. The molecule has 10 heteroatoms. The van der Waals surface area contributed by atoms with Crippen LogP contribution in [0.15, 0.2) is 12.1 Å². The van der Waals surface area contributed by atoms with E-state index in [2.05, 4.69) is 5.32 Å². The first kappa shape index (κ1) is 20.1. The summed E-state index contributed by atoms with van der Waals surface area (Å²) in [4.78, 5) is 21.1. The summed E-state index contributed by atoms with van der Waals surface area (Å²) in [5.41, 5.74) is -1.83. The number of benzene rings is 1. The summed E-state index contributed by atoms with van der Waals surface area (Å²) in [6.07, 6.45) is -4.01. The standard InChI is InChI=1S/C14H18ClFN2O6/c1-14(2,3)24-13(21)17-6-11(19)12(20)7-4-9(16)10(18(22)23)5-8(7)15/h4-5,11-12,19-20H,6H2,1-3H3,(H,17,21). The zero-order valence-corrected chi connectivity index (χ0v) is 14.0. The highest BCUT2D eigenvalue weighted by Gasteiger charge is 2.26. The predicted molar refractivity (Wildman–Crippen MR) is 83.3 cm³/mol. The van der Waals surface area contributed by atoms with Gasteiger partial charge in [0.25, 0.3) is 0 Å². The molecule has 2 unspecified atom stereocenters. The fourth-order valence-corrected chi connectivity index (χ4v) is 2.01. The van der Waals surface area contributed by atoms with Gasteiger partial charge in [-0.1, -0.05) is 11.6 Å². The number of halogens is 2.